The number of carboxylic acid groups (broad SMARTS) is 1. The summed E-state index contributed by atoms with van der Waals surface area (Å²) >= 11 is 0. The molecule has 122 valence electrons. The van der Waals surface area contributed by atoms with Gasteiger partial charge in [0.25, 0.3) is 5.56 Å². The van der Waals surface area contributed by atoms with Crippen LogP contribution in [-0.2, 0) is 27.3 Å². The predicted molar refractivity (Wildman–Crippen MR) is 83.2 cm³/mol. The van der Waals surface area contributed by atoms with Crippen molar-refractivity contribution in [3.05, 3.63) is 40.3 Å². The Labute approximate surface area is 132 Å². The number of fused-ring (bicyclic) bond motifs is 1. The van der Waals surface area contributed by atoms with Gasteiger partial charge in [0.1, 0.15) is 12.1 Å². The number of aliphatic carboxylic acids is 1. The summed E-state index contributed by atoms with van der Waals surface area (Å²) in [7, 11) is 0. The summed E-state index contributed by atoms with van der Waals surface area (Å²) in [6.45, 7) is 4.79. The standard InChI is InChI=1S/C16H18N2O5/c1-16(2,3)23-14(21)9-18-15(22)11-7-5-4-6-10(11)12(17-18)8-13(19)20/h4-7H,8-9H2,1-3H3,(H,19,20). The third kappa shape index (κ3) is 4.15. The Morgan fingerprint density at radius 2 is 1.83 bits per heavy atom. The van der Waals surface area contributed by atoms with E-state index < -0.39 is 23.1 Å². The van der Waals surface area contributed by atoms with Crippen LogP contribution in [0.15, 0.2) is 29.1 Å². The number of hydrogen-bond acceptors (Lipinski definition) is 5. The van der Waals surface area contributed by atoms with Crippen LogP contribution in [0.3, 0.4) is 0 Å². The molecule has 0 unspecified atom stereocenters. The van der Waals surface area contributed by atoms with Gasteiger partial charge in [0.15, 0.2) is 0 Å². The van der Waals surface area contributed by atoms with Crippen molar-refractivity contribution < 1.29 is 19.4 Å². The number of carbonyl (C=O) groups excluding carboxylic acids is 1. The van der Waals surface area contributed by atoms with Crippen LogP contribution in [0.1, 0.15) is 26.5 Å². The Kier molecular flexibility index (Phi) is 4.49. The topological polar surface area (TPSA) is 98.5 Å². The van der Waals surface area contributed by atoms with E-state index in [1.54, 1.807) is 45.0 Å². The SMILES string of the molecule is CC(C)(C)OC(=O)Cn1nc(CC(=O)O)c2ccccc2c1=O. The van der Waals surface area contributed by atoms with Crippen LogP contribution in [0.5, 0.6) is 0 Å². The van der Waals surface area contributed by atoms with Crippen LogP contribution in [0.4, 0.5) is 0 Å². The van der Waals surface area contributed by atoms with Gasteiger partial charge in [-0.3, -0.25) is 14.4 Å². The fraction of sp³-hybridized carbons (Fsp3) is 0.375. The summed E-state index contributed by atoms with van der Waals surface area (Å²) in [5, 5.41) is 13.8. The molecule has 0 aliphatic carbocycles. The number of carboxylic acids is 1. The van der Waals surface area contributed by atoms with Gasteiger partial charge in [-0.25, -0.2) is 4.68 Å². The van der Waals surface area contributed by atoms with Crippen molar-refractivity contribution in [1.82, 2.24) is 9.78 Å². The highest BCUT2D eigenvalue weighted by molar-refractivity contribution is 5.86. The molecule has 1 aromatic carbocycles. The van der Waals surface area contributed by atoms with Crippen LogP contribution in [0.2, 0.25) is 0 Å². The number of ether oxygens (including phenoxy) is 1. The fourth-order valence-corrected chi connectivity index (χ4v) is 2.18. The van der Waals surface area contributed by atoms with E-state index in [4.69, 9.17) is 9.84 Å². The second kappa shape index (κ2) is 6.20. The molecule has 0 amide bonds. The number of aromatic nitrogens is 2. The molecular formula is C16H18N2O5. The monoisotopic (exact) mass is 318 g/mol. The molecule has 0 aliphatic rings. The van der Waals surface area contributed by atoms with E-state index in [2.05, 4.69) is 5.10 Å². The summed E-state index contributed by atoms with van der Waals surface area (Å²) < 4.78 is 6.13. The minimum absolute atomic E-state index is 0.233. The molecule has 23 heavy (non-hydrogen) atoms. The third-order valence-electron chi connectivity index (χ3n) is 2.96. The first-order valence-corrected chi connectivity index (χ1v) is 7.10. The van der Waals surface area contributed by atoms with E-state index in [1.165, 1.54) is 0 Å². The molecule has 7 heteroatoms. The molecule has 0 aliphatic heterocycles. The maximum atomic E-state index is 12.4. The van der Waals surface area contributed by atoms with Crippen LogP contribution >= 0.6 is 0 Å². The largest absolute Gasteiger partial charge is 0.481 e. The number of esters is 1. The zero-order valence-corrected chi connectivity index (χ0v) is 13.2. The maximum absolute atomic E-state index is 12.4. The summed E-state index contributed by atoms with van der Waals surface area (Å²) in [4.78, 5) is 35.3. The number of rotatable bonds is 4. The number of carbonyl (C=O) groups is 2. The molecule has 0 fully saturated rings. The number of hydrogen-bond donors (Lipinski definition) is 1. The Bertz CT molecular complexity index is 817. The molecule has 0 atom stereocenters. The van der Waals surface area contributed by atoms with E-state index in [1.807, 2.05) is 0 Å². The lowest BCUT2D eigenvalue weighted by atomic mass is 10.1. The Morgan fingerprint density at radius 3 is 2.39 bits per heavy atom. The first-order valence-electron chi connectivity index (χ1n) is 7.10. The molecule has 2 aromatic rings. The molecule has 1 aromatic heterocycles. The Morgan fingerprint density at radius 1 is 1.22 bits per heavy atom. The highest BCUT2D eigenvalue weighted by Crippen LogP contribution is 2.14. The van der Waals surface area contributed by atoms with Crippen molar-refractivity contribution in [3.63, 3.8) is 0 Å². The molecule has 1 heterocycles. The molecule has 7 nitrogen and oxygen atoms in total. The van der Waals surface area contributed by atoms with Gasteiger partial charge in [-0.05, 0) is 26.8 Å². The third-order valence-corrected chi connectivity index (χ3v) is 2.96. The summed E-state index contributed by atoms with van der Waals surface area (Å²) in [6.07, 6.45) is -0.338. The first kappa shape index (κ1) is 16.7. The molecule has 0 saturated carbocycles. The average Bonchev–Trinajstić information content (AvgIpc) is 2.41. The minimum atomic E-state index is -1.06. The summed E-state index contributed by atoms with van der Waals surface area (Å²) in [6, 6.07) is 6.59. The second-order valence-electron chi connectivity index (χ2n) is 6.11. The van der Waals surface area contributed by atoms with Gasteiger partial charge >= 0.3 is 11.9 Å². The lowest BCUT2D eigenvalue weighted by molar-refractivity contribution is -0.155. The number of nitrogens with zero attached hydrogens (tertiary/aromatic N) is 2. The zero-order chi connectivity index (χ0) is 17.2. The molecule has 0 radical (unpaired) electrons. The molecule has 0 bridgehead atoms. The highest BCUT2D eigenvalue weighted by Gasteiger charge is 2.19. The van der Waals surface area contributed by atoms with Gasteiger partial charge in [0.05, 0.1) is 17.5 Å². The lowest BCUT2D eigenvalue weighted by Gasteiger charge is -2.19. The van der Waals surface area contributed by atoms with Crippen molar-refractivity contribution in [2.24, 2.45) is 0 Å². The first-order chi connectivity index (χ1) is 10.7. The maximum Gasteiger partial charge on any atom is 0.328 e. The molecule has 2 rings (SSSR count). The normalized spacial score (nSPS) is 11.4. The minimum Gasteiger partial charge on any atom is -0.481 e. The van der Waals surface area contributed by atoms with Crippen molar-refractivity contribution >= 4 is 22.7 Å². The van der Waals surface area contributed by atoms with E-state index in [-0.39, 0.29) is 18.7 Å². The van der Waals surface area contributed by atoms with Crippen molar-refractivity contribution in [3.8, 4) is 0 Å². The fourth-order valence-electron chi connectivity index (χ4n) is 2.18. The van der Waals surface area contributed by atoms with Gasteiger partial charge < -0.3 is 9.84 Å². The Hall–Kier alpha value is -2.70. The predicted octanol–water partition coefficient (Wildman–Crippen LogP) is 1.37. The van der Waals surface area contributed by atoms with Crippen molar-refractivity contribution in [2.75, 3.05) is 0 Å². The van der Waals surface area contributed by atoms with Gasteiger partial charge in [0, 0.05) is 5.39 Å². The zero-order valence-electron chi connectivity index (χ0n) is 13.2. The quantitative estimate of drug-likeness (QED) is 0.855. The van der Waals surface area contributed by atoms with Crippen LogP contribution in [-0.4, -0.2) is 32.4 Å². The van der Waals surface area contributed by atoms with E-state index >= 15 is 0 Å². The summed E-state index contributed by atoms with van der Waals surface area (Å²) in [5.74, 6) is -1.67. The van der Waals surface area contributed by atoms with Crippen LogP contribution in [0.25, 0.3) is 10.8 Å². The molecular weight excluding hydrogens is 300 g/mol. The average molecular weight is 318 g/mol. The van der Waals surface area contributed by atoms with E-state index in [0.29, 0.717) is 10.8 Å². The van der Waals surface area contributed by atoms with Gasteiger partial charge in [-0.1, -0.05) is 18.2 Å². The van der Waals surface area contributed by atoms with Crippen LogP contribution < -0.4 is 5.56 Å². The van der Waals surface area contributed by atoms with E-state index in [0.717, 1.165) is 4.68 Å². The van der Waals surface area contributed by atoms with Gasteiger partial charge in [-0.2, -0.15) is 5.10 Å². The number of benzene rings is 1. The van der Waals surface area contributed by atoms with E-state index in [9.17, 15) is 14.4 Å². The second-order valence-corrected chi connectivity index (χ2v) is 6.11. The highest BCUT2D eigenvalue weighted by atomic mass is 16.6. The van der Waals surface area contributed by atoms with Gasteiger partial charge in [-0.15, -0.1) is 0 Å². The van der Waals surface area contributed by atoms with Gasteiger partial charge in [0.2, 0.25) is 0 Å². The van der Waals surface area contributed by atoms with Crippen LogP contribution in [0, 0.1) is 0 Å². The molecule has 1 N–H and O–H groups in total. The Balaban J connectivity index is 2.48. The summed E-state index contributed by atoms with van der Waals surface area (Å²) in [5.41, 5.74) is -0.904. The van der Waals surface area contributed by atoms with Crippen molar-refractivity contribution in [2.45, 2.75) is 39.3 Å². The smallest absolute Gasteiger partial charge is 0.328 e. The molecule has 0 saturated heterocycles. The lowest BCUT2D eigenvalue weighted by Crippen LogP contribution is -2.32. The van der Waals surface area contributed by atoms with Crippen molar-refractivity contribution in [1.29, 1.82) is 0 Å². The molecule has 0 spiro atoms.